The average molecular weight is 262 g/mol. The van der Waals surface area contributed by atoms with Crippen molar-refractivity contribution in [2.24, 2.45) is 0 Å². The summed E-state index contributed by atoms with van der Waals surface area (Å²) in [5, 5.41) is 0. The van der Waals surface area contributed by atoms with Crippen LogP contribution in [0.5, 0.6) is 0 Å². The van der Waals surface area contributed by atoms with Crippen molar-refractivity contribution in [2.75, 3.05) is 26.4 Å². The van der Waals surface area contributed by atoms with Gasteiger partial charge in [0.1, 0.15) is 6.42 Å². The van der Waals surface area contributed by atoms with Crippen LogP contribution in [0.2, 0.25) is 0 Å². The van der Waals surface area contributed by atoms with Crippen LogP contribution in [0.15, 0.2) is 0 Å². The molecule has 0 saturated heterocycles. The Labute approximate surface area is 108 Å². The summed E-state index contributed by atoms with van der Waals surface area (Å²) in [5.74, 6) is -3.01. The van der Waals surface area contributed by atoms with Crippen LogP contribution in [0, 0.1) is 0 Å². The Morgan fingerprint density at radius 3 is 1.61 bits per heavy atom. The zero-order chi connectivity index (χ0) is 14.0. The summed E-state index contributed by atoms with van der Waals surface area (Å²) in [6.07, 6.45) is -0.437. The summed E-state index contributed by atoms with van der Waals surface area (Å²) in [4.78, 5) is 23.3. The molecule has 0 aromatic heterocycles. The predicted molar refractivity (Wildman–Crippen MR) is 63.9 cm³/mol. The molecule has 0 heterocycles. The van der Waals surface area contributed by atoms with Gasteiger partial charge in [-0.3, -0.25) is 9.59 Å². The third-order valence-corrected chi connectivity index (χ3v) is 1.95. The number of ether oxygens (including phenoxy) is 4. The minimum atomic E-state index is -1.80. The van der Waals surface area contributed by atoms with Crippen LogP contribution < -0.4 is 0 Å². The smallest absolute Gasteiger partial charge is 0.347 e. The normalized spacial score (nSPS) is 11.3. The number of Topliss-reactive ketones (excluding diaryl/α,β-unsaturated/α-hetero) is 1. The van der Waals surface area contributed by atoms with Crippen LogP contribution in [-0.4, -0.2) is 44.2 Å². The lowest BCUT2D eigenvalue weighted by molar-refractivity contribution is -0.349. The fraction of sp³-hybridized carbons (Fsp3) is 0.833. The minimum absolute atomic E-state index is 0.219. The topological polar surface area (TPSA) is 71.1 Å². The predicted octanol–water partition coefficient (Wildman–Crippen LogP) is 1.27. The fourth-order valence-corrected chi connectivity index (χ4v) is 1.39. The Morgan fingerprint density at radius 1 is 0.833 bits per heavy atom. The first kappa shape index (κ1) is 17.0. The minimum Gasteiger partial charge on any atom is -0.466 e. The number of ketones is 1. The molecule has 0 saturated carbocycles. The molecule has 18 heavy (non-hydrogen) atoms. The van der Waals surface area contributed by atoms with E-state index in [0.29, 0.717) is 0 Å². The highest BCUT2D eigenvalue weighted by atomic mass is 16.9. The molecule has 0 N–H and O–H groups in total. The second-order valence-electron chi connectivity index (χ2n) is 3.26. The van der Waals surface area contributed by atoms with Crippen molar-refractivity contribution in [1.82, 2.24) is 0 Å². The highest BCUT2D eigenvalue weighted by Crippen LogP contribution is 2.19. The molecular formula is C12H22O6. The van der Waals surface area contributed by atoms with Crippen molar-refractivity contribution in [3.05, 3.63) is 0 Å². The van der Waals surface area contributed by atoms with Gasteiger partial charge in [-0.15, -0.1) is 0 Å². The van der Waals surface area contributed by atoms with E-state index in [1.807, 2.05) is 0 Å². The van der Waals surface area contributed by atoms with Crippen LogP contribution in [0.3, 0.4) is 0 Å². The molecule has 0 amide bonds. The first-order valence-electron chi connectivity index (χ1n) is 6.16. The van der Waals surface area contributed by atoms with Crippen LogP contribution in [0.25, 0.3) is 0 Å². The van der Waals surface area contributed by atoms with Gasteiger partial charge in [-0.1, -0.05) is 0 Å². The Bertz CT molecular complexity index is 246. The molecule has 0 spiro atoms. The zero-order valence-electron chi connectivity index (χ0n) is 11.5. The lowest BCUT2D eigenvalue weighted by Crippen LogP contribution is -2.48. The molecule has 106 valence electrons. The monoisotopic (exact) mass is 262 g/mol. The maximum atomic E-state index is 12.0. The van der Waals surface area contributed by atoms with E-state index in [4.69, 9.17) is 18.9 Å². The molecule has 0 aromatic rings. The van der Waals surface area contributed by atoms with E-state index in [9.17, 15) is 9.59 Å². The molecule has 6 heteroatoms. The number of carbonyl (C=O) groups is 2. The average Bonchev–Trinajstić information content (AvgIpc) is 2.30. The number of esters is 1. The first-order chi connectivity index (χ1) is 8.56. The second-order valence-corrected chi connectivity index (χ2v) is 3.26. The summed E-state index contributed by atoms with van der Waals surface area (Å²) in [7, 11) is 0. The van der Waals surface area contributed by atoms with Crippen molar-refractivity contribution < 1.29 is 28.5 Å². The van der Waals surface area contributed by atoms with Crippen molar-refractivity contribution in [3.8, 4) is 0 Å². The quantitative estimate of drug-likeness (QED) is 0.335. The van der Waals surface area contributed by atoms with Gasteiger partial charge in [-0.05, 0) is 27.7 Å². The molecule has 0 unspecified atom stereocenters. The number of carbonyl (C=O) groups excluding carboxylic acids is 2. The van der Waals surface area contributed by atoms with Crippen molar-refractivity contribution in [2.45, 2.75) is 40.1 Å². The summed E-state index contributed by atoms with van der Waals surface area (Å²) in [5.41, 5.74) is 0. The Hall–Kier alpha value is -0.980. The van der Waals surface area contributed by atoms with Crippen LogP contribution >= 0.6 is 0 Å². The van der Waals surface area contributed by atoms with Gasteiger partial charge in [0.05, 0.1) is 26.4 Å². The van der Waals surface area contributed by atoms with Crippen LogP contribution in [-0.2, 0) is 28.5 Å². The van der Waals surface area contributed by atoms with E-state index in [-0.39, 0.29) is 26.4 Å². The Kier molecular flexibility index (Phi) is 8.53. The molecule has 0 radical (unpaired) electrons. The van der Waals surface area contributed by atoms with Crippen LogP contribution in [0.1, 0.15) is 34.1 Å². The van der Waals surface area contributed by atoms with Crippen molar-refractivity contribution >= 4 is 11.8 Å². The molecule has 0 bridgehead atoms. The third-order valence-electron chi connectivity index (χ3n) is 1.95. The maximum absolute atomic E-state index is 12.0. The molecule has 0 fully saturated rings. The van der Waals surface area contributed by atoms with Crippen molar-refractivity contribution in [3.63, 3.8) is 0 Å². The highest BCUT2D eigenvalue weighted by molar-refractivity contribution is 5.98. The standard InChI is InChI=1S/C12H22O6/c1-5-15-11(14)9-10(13)12(16-6-2,17-7-3)18-8-4/h5-9H2,1-4H3. The third kappa shape index (κ3) is 5.12. The Balaban J connectivity index is 4.79. The van der Waals surface area contributed by atoms with Gasteiger partial charge in [0.15, 0.2) is 0 Å². The van der Waals surface area contributed by atoms with E-state index in [1.165, 1.54) is 0 Å². The van der Waals surface area contributed by atoms with Gasteiger partial charge < -0.3 is 18.9 Å². The zero-order valence-corrected chi connectivity index (χ0v) is 11.5. The van der Waals surface area contributed by atoms with Gasteiger partial charge in [-0.25, -0.2) is 0 Å². The van der Waals surface area contributed by atoms with Gasteiger partial charge >= 0.3 is 11.9 Å². The first-order valence-corrected chi connectivity index (χ1v) is 6.16. The molecular weight excluding hydrogens is 240 g/mol. The van der Waals surface area contributed by atoms with Crippen LogP contribution in [0.4, 0.5) is 0 Å². The summed E-state index contributed by atoms with van der Waals surface area (Å²) < 4.78 is 20.5. The molecule has 6 nitrogen and oxygen atoms in total. The second kappa shape index (κ2) is 9.02. The van der Waals surface area contributed by atoms with Gasteiger partial charge in [0.2, 0.25) is 5.78 Å². The summed E-state index contributed by atoms with van der Waals surface area (Å²) >= 11 is 0. The van der Waals surface area contributed by atoms with E-state index >= 15 is 0 Å². The SMILES string of the molecule is CCOC(=O)CC(=O)C(OCC)(OCC)OCC. The van der Waals surface area contributed by atoms with E-state index in [0.717, 1.165) is 0 Å². The maximum Gasteiger partial charge on any atom is 0.347 e. The summed E-state index contributed by atoms with van der Waals surface area (Å²) in [6, 6.07) is 0. The lowest BCUT2D eigenvalue weighted by Gasteiger charge is -2.30. The molecule has 0 rings (SSSR count). The van der Waals surface area contributed by atoms with Gasteiger partial charge in [0, 0.05) is 0 Å². The Morgan fingerprint density at radius 2 is 1.28 bits per heavy atom. The fourth-order valence-electron chi connectivity index (χ4n) is 1.39. The number of hydrogen-bond acceptors (Lipinski definition) is 6. The highest BCUT2D eigenvalue weighted by Gasteiger charge is 2.42. The number of hydrogen-bond donors (Lipinski definition) is 0. The molecule has 0 aliphatic carbocycles. The summed E-state index contributed by atoms with van der Waals surface area (Å²) in [6.45, 7) is 7.72. The largest absolute Gasteiger partial charge is 0.466 e. The molecule has 0 aliphatic rings. The van der Waals surface area contributed by atoms with E-state index in [2.05, 4.69) is 0 Å². The molecule has 0 aliphatic heterocycles. The van der Waals surface area contributed by atoms with E-state index < -0.39 is 24.1 Å². The number of rotatable bonds is 10. The lowest BCUT2D eigenvalue weighted by atomic mass is 10.2. The van der Waals surface area contributed by atoms with Crippen molar-refractivity contribution in [1.29, 1.82) is 0 Å². The molecule has 0 aromatic carbocycles. The van der Waals surface area contributed by atoms with Gasteiger partial charge in [-0.2, -0.15) is 0 Å². The molecule has 0 atom stereocenters. The van der Waals surface area contributed by atoms with E-state index in [1.54, 1.807) is 27.7 Å². The van der Waals surface area contributed by atoms with Gasteiger partial charge in [0.25, 0.3) is 0 Å².